The van der Waals surface area contributed by atoms with Crippen LogP contribution < -0.4 is 0 Å². The van der Waals surface area contributed by atoms with Crippen LogP contribution in [0.5, 0.6) is 0 Å². The van der Waals surface area contributed by atoms with Crippen molar-refractivity contribution in [1.82, 2.24) is 15.0 Å². The zero-order valence-corrected chi connectivity index (χ0v) is 25.3. The molecule has 0 saturated heterocycles. The van der Waals surface area contributed by atoms with Crippen molar-refractivity contribution in [2.24, 2.45) is 0 Å². The summed E-state index contributed by atoms with van der Waals surface area (Å²) >= 11 is 0. The van der Waals surface area contributed by atoms with Crippen LogP contribution in [0.25, 0.3) is 89.1 Å². The fourth-order valence-electron chi connectivity index (χ4n) is 6.44. The number of hydrogen-bond acceptors (Lipinski definition) is 4. The van der Waals surface area contributed by atoms with Crippen molar-refractivity contribution >= 4 is 32.7 Å². The summed E-state index contributed by atoms with van der Waals surface area (Å²) in [6.07, 6.45) is 0. The minimum atomic E-state index is 0.603. The van der Waals surface area contributed by atoms with Crippen molar-refractivity contribution < 1.29 is 4.42 Å². The molecule has 0 aliphatic carbocycles. The number of benzene rings is 7. The minimum Gasteiger partial charge on any atom is -0.456 e. The molecule has 2 aromatic heterocycles. The lowest BCUT2D eigenvalue weighted by Gasteiger charge is -2.12. The summed E-state index contributed by atoms with van der Waals surface area (Å²) in [4.78, 5) is 15.3. The first-order chi connectivity index (χ1) is 23.3. The molecule has 220 valence electrons. The van der Waals surface area contributed by atoms with Crippen molar-refractivity contribution in [3.63, 3.8) is 0 Å². The van der Waals surface area contributed by atoms with E-state index in [0.29, 0.717) is 17.5 Å². The first-order valence-electron chi connectivity index (χ1n) is 15.7. The summed E-state index contributed by atoms with van der Waals surface area (Å²) in [7, 11) is 0. The monoisotopic (exact) mass is 601 g/mol. The number of aromatic nitrogens is 3. The lowest BCUT2D eigenvalue weighted by atomic mass is 9.96. The molecule has 0 spiro atoms. The quantitative estimate of drug-likeness (QED) is 0.197. The Morgan fingerprint density at radius 3 is 1.72 bits per heavy atom. The van der Waals surface area contributed by atoms with E-state index in [0.717, 1.165) is 55.0 Å². The van der Waals surface area contributed by atoms with Gasteiger partial charge >= 0.3 is 0 Å². The molecule has 0 radical (unpaired) electrons. The number of hydrogen-bond donors (Lipinski definition) is 0. The van der Waals surface area contributed by atoms with Gasteiger partial charge in [-0.3, -0.25) is 0 Å². The highest BCUT2D eigenvalue weighted by molar-refractivity contribution is 6.11. The zero-order chi connectivity index (χ0) is 31.2. The predicted molar refractivity (Wildman–Crippen MR) is 192 cm³/mol. The average molecular weight is 602 g/mol. The summed E-state index contributed by atoms with van der Waals surface area (Å²) in [6.45, 7) is 0. The van der Waals surface area contributed by atoms with E-state index in [-0.39, 0.29) is 0 Å². The highest BCUT2D eigenvalue weighted by atomic mass is 16.3. The molecule has 0 unspecified atom stereocenters. The Kier molecular flexibility index (Phi) is 6.43. The molecule has 9 rings (SSSR count). The average Bonchev–Trinajstić information content (AvgIpc) is 3.54. The van der Waals surface area contributed by atoms with Gasteiger partial charge in [-0.05, 0) is 51.2 Å². The molecule has 4 heteroatoms. The lowest BCUT2D eigenvalue weighted by molar-refractivity contribution is 0.669. The van der Waals surface area contributed by atoms with Crippen molar-refractivity contribution in [2.45, 2.75) is 0 Å². The van der Waals surface area contributed by atoms with Crippen LogP contribution >= 0.6 is 0 Å². The molecule has 2 heterocycles. The van der Waals surface area contributed by atoms with Crippen LogP contribution in [0, 0.1) is 0 Å². The Morgan fingerprint density at radius 1 is 0.340 bits per heavy atom. The molecule has 0 aliphatic rings. The third-order valence-electron chi connectivity index (χ3n) is 8.75. The molecule has 0 saturated carbocycles. The Labute approximate surface area is 271 Å². The third-order valence-corrected chi connectivity index (χ3v) is 8.75. The predicted octanol–water partition coefficient (Wildman–Crippen LogP) is 11.3. The van der Waals surface area contributed by atoms with Crippen LogP contribution in [-0.4, -0.2) is 15.0 Å². The van der Waals surface area contributed by atoms with Crippen molar-refractivity contribution in [1.29, 1.82) is 0 Å². The van der Waals surface area contributed by atoms with Crippen LogP contribution in [0.3, 0.4) is 0 Å². The molecule has 0 bridgehead atoms. The first kappa shape index (κ1) is 27.0. The SMILES string of the molecule is c1ccc(-c2ccc(-c3nc(-c4ccc5cccc(-c6ccccc6)c5c4)nc(-c4cccc5oc6ccccc6c45)n3)cc2)cc1. The smallest absolute Gasteiger partial charge is 0.164 e. The molecule has 0 N–H and O–H groups in total. The molecular formula is C43H27N3O. The van der Waals surface area contributed by atoms with E-state index in [4.69, 9.17) is 19.4 Å². The van der Waals surface area contributed by atoms with Crippen LogP contribution in [0.1, 0.15) is 0 Å². The number of rotatable bonds is 5. The molecule has 0 aliphatic heterocycles. The van der Waals surface area contributed by atoms with Crippen LogP contribution in [-0.2, 0) is 0 Å². The van der Waals surface area contributed by atoms with E-state index >= 15 is 0 Å². The summed E-state index contributed by atoms with van der Waals surface area (Å²) in [6, 6.07) is 56.4. The third kappa shape index (κ3) is 4.84. The van der Waals surface area contributed by atoms with Gasteiger partial charge in [0.1, 0.15) is 11.2 Å². The fourth-order valence-corrected chi connectivity index (χ4v) is 6.44. The number of furan rings is 1. The first-order valence-corrected chi connectivity index (χ1v) is 15.7. The maximum absolute atomic E-state index is 6.23. The lowest BCUT2D eigenvalue weighted by Crippen LogP contribution is -2.00. The highest BCUT2D eigenvalue weighted by Gasteiger charge is 2.18. The van der Waals surface area contributed by atoms with Gasteiger partial charge in [-0.1, -0.05) is 146 Å². The summed E-state index contributed by atoms with van der Waals surface area (Å²) in [5, 5.41) is 4.34. The largest absolute Gasteiger partial charge is 0.456 e. The standard InChI is InChI=1S/C43H27N3O/c1-3-11-28(12-4-1)29-21-24-32(25-22-29)41-44-42(33-26-23-31-15-9-17-34(37(31)27-33)30-13-5-2-6-14-30)46-43(45-41)36-18-10-20-39-40(36)35-16-7-8-19-38(35)47-39/h1-27H. The molecule has 47 heavy (non-hydrogen) atoms. The second-order valence-corrected chi connectivity index (χ2v) is 11.6. The molecule has 7 aromatic carbocycles. The van der Waals surface area contributed by atoms with Crippen LogP contribution in [0.2, 0.25) is 0 Å². The van der Waals surface area contributed by atoms with Gasteiger partial charge in [0.25, 0.3) is 0 Å². The van der Waals surface area contributed by atoms with Crippen LogP contribution in [0.4, 0.5) is 0 Å². The van der Waals surface area contributed by atoms with E-state index in [1.807, 2.05) is 42.5 Å². The van der Waals surface area contributed by atoms with Crippen molar-refractivity contribution in [3.8, 4) is 56.4 Å². The van der Waals surface area contributed by atoms with Gasteiger partial charge in [0, 0.05) is 27.5 Å². The molecular weight excluding hydrogens is 574 g/mol. The second kappa shape index (κ2) is 11.2. The minimum absolute atomic E-state index is 0.603. The number of para-hydroxylation sites is 1. The van der Waals surface area contributed by atoms with E-state index in [9.17, 15) is 0 Å². The van der Waals surface area contributed by atoms with Gasteiger partial charge in [0.2, 0.25) is 0 Å². The molecule has 0 atom stereocenters. The topological polar surface area (TPSA) is 51.8 Å². The maximum Gasteiger partial charge on any atom is 0.164 e. The Balaban J connectivity index is 1.26. The van der Waals surface area contributed by atoms with E-state index < -0.39 is 0 Å². The fraction of sp³-hybridized carbons (Fsp3) is 0. The normalized spacial score (nSPS) is 11.4. The van der Waals surface area contributed by atoms with E-state index in [1.54, 1.807) is 0 Å². The zero-order valence-electron chi connectivity index (χ0n) is 25.3. The van der Waals surface area contributed by atoms with Gasteiger partial charge in [-0.25, -0.2) is 15.0 Å². The van der Waals surface area contributed by atoms with Gasteiger partial charge in [0.05, 0.1) is 0 Å². The highest BCUT2D eigenvalue weighted by Crippen LogP contribution is 2.37. The van der Waals surface area contributed by atoms with E-state index in [1.165, 1.54) is 16.7 Å². The van der Waals surface area contributed by atoms with Crippen LogP contribution in [0.15, 0.2) is 168 Å². The summed E-state index contributed by atoms with van der Waals surface area (Å²) in [5.74, 6) is 1.84. The Morgan fingerprint density at radius 2 is 0.915 bits per heavy atom. The van der Waals surface area contributed by atoms with Gasteiger partial charge in [-0.15, -0.1) is 0 Å². The summed E-state index contributed by atoms with van der Waals surface area (Å²) < 4.78 is 6.23. The number of nitrogens with zero attached hydrogens (tertiary/aromatic N) is 3. The second-order valence-electron chi connectivity index (χ2n) is 11.6. The number of fused-ring (bicyclic) bond motifs is 4. The Bertz CT molecular complexity index is 2550. The van der Waals surface area contributed by atoms with Gasteiger partial charge < -0.3 is 4.42 Å². The van der Waals surface area contributed by atoms with E-state index in [2.05, 4.69) is 121 Å². The molecule has 9 aromatic rings. The molecule has 0 amide bonds. The molecule has 4 nitrogen and oxygen atoms in total. The van der Waals surface area contributed by atoms with Gasteiger partial charge in [-0.2, -0.15) is 0 Å². The van der Waals surface area contributed by atoms with Crippen molar-refractivity contribution in [2.75, 3.05) is 0 Å². The van der Waals surface area contributed by atoms with Gasteiger partial charge in [0.15, 0.2) is 17.5 Å². The maximum atomic E-state index is 6.23. The molecule has 0 fully saturated rings. The van der Waals surface area contributed by atoms with Crippen molar-refractivity contribution in [3.05, 3.63) is 164 Å². The Hall–Kier alpha value is -6.39. The summed E-state index contributed by atoms with van der Waals surface area (Å²) in [5.41, 5.74) is 9.04.